The van der Waals surface area contributed by atoms with Gasteiger partial charge < -0.3 is 25.1 Å². The summed E-state index contributed by atoms with van der Waals surface area (Å²) in [6.07, 6.45) is 0.733. The Kier molecular flexibility index (Phi) is 6.68. The molecule has 1 heterocycles. The van der Waals surface area contributed by atoms with Crippen LogP contribution in [0, 0.1) is 0 Å². The molecule has 0 aliphatic carbocycles. The fraction of sp³-hybridized carbons (Fsp3) is 0.154. The van der Waals surface area contributed by atoms with Gasteiger partial charge in [-0.15, -0.1) is 0 Å². The molecule has 4 aromatic rings. The molecule has 0 radical (unpaired) electrons. The number of benzene rings is 3. The number of hydrogen-bond acceptors (Lipinski definition) is 6. The summed E-state index contributed by atoms with van der Waals surface area (Å²) in [4.78, 5) is 27.7. The number of furan rings is 1. The van der Waals surface area contributed by atoms with Crippen molar-refractivity contribution in [1.29, 1.82) is 0 Å². The first-order chi connectivity index (χ1) is 16.5. The van der Waals surface area contributed by atoms with Crippen LogP contribution in [0.15, 0.2) is 77.2 Å². The number of nitrogen functional groups attached to an aromatic ring is 1. The molecule has 3 aromatic carbocycles. The topological polar surface area (TPSA) is 101 Å². The summed E-state index contributed by atoms with van der Waals surface area (Å²) in [5.74, 6) is 0.786. The van der Waals surface area contributed by atoms with E-state index < -0.39 is 0 Å². The van der Waals surface area contributed by atoms with Crippen molar-refractivity contribution in [2.45, 2.75) is 0 Å². The summed E-state index contributed by atoms with van der Waals surface area (Å²) >= 11 is 0. The number of fused-ring (bicyclic) bond motifs is 1. The second-order valence-corrected chi connectivity index (χ2v) is 7.86. The Labute approximate surface area is 197 Å². The fourth-order valence-electron chi connectivity index (χ4n) is 3.62. The average molecular weight is 459 g/mol. The van der Waals surface area contributed by atoms with E-state index in [1.54, 1.807) is 48.5 Å². The number of carbonyl (C=O) groups is 2. The molecule has 0 aliphatic heterocycles. The molecule has 0 atom stereocenters. The number of nitrogens with two attached hydrogens (primary N) is 1. The van der Waals surface area contributed by atoms with Crippen molar-refractivity contribution < 1.29 is 18.7 Å². The van der Waals surface area contributed by atoms with Gasteiger partial charge in [-0.05, 0) is 48.5 Å². The number of hydrogen-bond donors (Lipinski definition) is 2. The van der Waals surface area contributed by atoms with Gasteiger partial charge in [-0.1, -0.05) is 24.3 Å². The normalized spacial score (nSPS) is 10.6. The first-order valence-corrected chi connectivity index (χ1v) is 10.8. The maximum absolute atomic E-state index is 12.5. The van der Waals surface area contributed by atoms with Crippen LogP contribution in [0.4, 0.5) is 22.9 Å². The van der Waals surface area contributed by atoms with Gasteiger partial charge in [0.05, 0.1) is 17.9 Å². The van der Waals surface area contributed by atoms with E-state index in [1.807, 2.05) is 43.3 Å². The van der Waals surface area contributed by atoms with Crippen LogP contribution in [0.3, 0.4) is 0 Å². The lowest BCUT2D eigenvalue weighted by molar-refractivity contribution is -0.107. The second-order valence-electron chi connectivity index (χ2n) is 7.86. The second kappa shape index (κ2) is 9.99. The van der Waals surface area contributed by atoms with Crippen LogP contribution in [-0.4, -0.2) is 39.6 Å². The lowest BCUT2D eigenvalue weighted by Gasteiger charge is -2.20. The number of ether oxygens (including phenoxy) is 1. The van der Waals surface area contributed by atoms with E-state index in [0.29, 0.717) is 40.7 Å². The van der Waals surface area contributed by atoms with Gasteiger partial charge >= 0.3 is 0 Å². The third-order valence-corrected chi connectivity index (χ3v) is 5.31. The Morgan fingerprint density at radius 1 is 1.03 bits per heavy atom. The Balaban J connectivity index is 1.39. The molecule has 1 aromatic heterocycles. The lowest BCUT2D eigenvalue weighted by atomic mass is 10.2. The molecule has 4 rings (SSSR count). The van der Waals surface area contributed by atoms with E-state index in [-0.39, 0.29) is 12.5 Å². The Morgan fingerprint density at radius 2 is 1.74 bits per heavy atom. The van der Waals surface area contributed by atoms with Crippen LogP contribution < -0.4 is 25.6 Å². The molecule has 0 spiro atoms. The Hall–Kier alpha value is -4.46. The van der Waals surface area contributed by atoms with Crippen molar-refractivity contribution in [2.75, 3.05) is 48.1 Å². The monoisotopic (exact) mass is 458 g/mol. The third-order valence-electron chi connectivity index (χ3n) is 5.31. The summed E-state index contributed by atoms with van der Waals surface area (Å²) in [6, 6.07) is 21.5. The van der Waals surface area contributed by atoms with Gasteiger partial charge in [-0.2, -0.15) is 0 Å². The Bertz CT molecular complexity index is 1300. The van der Waals surface area contributed by atoms with Crippen molar-refractivity contribution in [2.24, 2.45) is 0 Å². The molecular weight excluding hydrogens is 432 g/mol. The maximum atomic E-state index is 12.5. The largest absolute Gasteiger partial charge is 0.492 e. The molecule has 0 aliphatic rings. The quantitative estimate of drug-likeness (QED) is 0.285. The van der Waals surface area contributed by atoms with Crippen molar-refractivity contribution in [1.82, 2.24) is 0 Å². The van der Waals surface area contributed by atoms with Crippen molar-refractivity contribution in [3.63, 3.8) is 0 Å². The SMILES string of the molecule is CN(C)c1c(N(C=O)CCOc2ccc(C(=O)Nc3ccccc3N)cc2)oc2ccccc12. The highest BCUT2D eigenvalue weighted by molar-refractivity contribution is 6.05. The van der Waals surface area contributed by atoms with Gasteiger partial charge in [0.25, 0.3) is 5.91 Å². The molecule has 2 amide bonds. The van der Waals surface area contributed by atoms with Gasteiger partial charge in [0, 0.05) is 25.0 Å². The minimum atomic E-state index is -0.266. The third kappa shape index (κ3) is 4.80. The number of anilines is 4. The average Bonchev–Trinajstić information content (AvgIpc) is 3.23. The van der Waals surface area contributed by atoms with E-state index in [9.17, 15) is 9.59 Å². The fourth-order valence-corrected chi connectivity index (χ4v) is 3.62. The van der Waals surface area contributed by atoms with Crippen LogP contribution in [0.2, 0.25) is 0 Å². The van der Waals surface area contributed by atoms with E-state index in [4.69, 9.17) is 14.9 Å². The number of nitrogens with one attached hydrogen (secondary N) is 1. The smallest absolute Gasteiger partial charge is 0.255 e. The van der Waals surface area contributed by atoms with Crippen molar-refractivity contribution in [3.8, 4) is 5.75 Å². The van der Waals surface area contributed by atoms with Crippen LogP contribution in [-0.2, 0) is 4.79 Å². The summed E-state index contributed by atoms with van der Waals surface area (Å²) in [7, 11) is 3.81. The van der Waals surface area contributed by atoms with Crippen LogP contribution in [0.5, 0.6) is 5.75 Å². The molecule has 8 heteroatoms. The maximum Gasteiger partial charge on any atom is 0.255 e. The van der Waals surface area contributed by atoms with Gasteiger partial charge in [0.1, 0.15) is 23.6 Å². The van der Waals surface area contributed by atoms with Gasteiger partial charge in [-0.25, -0.2) is 0 Å². The molecule has 34 heavy (non-hydrogen) atoms. The lowest BCUT2D eigenvalue weighted by Crippen LogP contribution is -2.28. The number of carbonyl (C=O) groups excluding carboxylic acids is 2. The zero-order valence-corrected chi connectivity index (χ0v) is 19.0. The molecule has 8 nitrogen and oxygen atoms in total. The van der Waals surface area contributed by atoms with Gasteiger partial charge in [0.2, 0.25) is 12.3 Å². The minimum absolute atomic E-state index is 0.245. The van der Waals surface area contributed by atoms with Gasteiger partial charge in [-0.3, -0.25) is 14.5 Å². The molecule has 0 unspecified atom stereocenters. The first-order valence-electron chi connectivity index (χ1n) is 10.8. The number of rotatable bonds is 9. The van der Waals surface area contributed by atoms with Crippen molar-refractivity contribution >= 4 is 46.2 Å². The number of para-hydroxylation sites is 3. The summed E-state index contributed by atoms with van der Waals surface area (Å²) in [6.45, 7) is 0.536. The van der Waals surface area contributed by atoms with E-state index in [2.05, 4.69) is 5.32 Å². The number of nitrogens with zero attached hydrogens (tertiary/aromatic N) is 2. The highest BCUT2D eigenvalue weighted by atomic mass is 16.5. The molecule has 0 saturated carbocycles. The molecule has 0 bridgehead atoms. The zero-order valence-electron chi connectivity index (χ0n) is 19.0. The van der Waals surface area contributed by atoms with E-state index in [1.165, 1.54) is 4.90 Å². The summed E-state index contributed by atoms with van der Waals surface area (Å²) in [5.41, 5.74) is 8.95. The van der Waals surface area contributed by atoms with E-state index >= 15 is 0 Å². The Morgan fingerprint density at radius 3 is 2.44 bits per heavy atom. The predicted molar refractivity (Wildman–Crippen MR) is 135 cm³/mol. The van der Waals surface area contributed by atoms with Crippen molar-refractivity contribution in [3.05, 3.63) is 78.4 Å². The predicted octanol–water partition coefficient (Wildman–Crippen LogP) is 4.38. The van der Waals surface area contributed by atoms with Crippen LogP contribution in [0.1, 0.15) is 10.4 Å². The molecule has 3 N–H and O–H groups in total. The zero-order chi connectivity index (χ0) is 24.1. The highest BCUT2D eigenvalue weighted by Gasteiger charge is 2.21. The summed E-state index contributed by atoms with van der Waals surface area (Å²) < 4.78 is 11.8. The standard InChI is InChI=1S/C26H26N4O4/c1-29(2)24-20-7-3-6-10-23(20)34-26(24)30(17-31)15-16-33-19-13-11-18(12-14-19)25(32)28-22-9-5-4-8-21(22)27/h3-14,17H,15-16,27H2,1-2H3,(H,28,32). The molecular formula is C26H26N4O4. The molecule has 0 saturated heterocycles. The highest BCUT2D eigenvalue weighted by Crippen LogP contribution is 2.38. The van der Waals surface area contributed by atoms with E-state index in [0.717, 1.165) is 17.5 Å². The minimum Gasteiger partial charge on any atom is -0.492 e. The summed E-state index contributed by atoms with van der Waals surface area (Å²) in [5, 5.41) is 3.72. The molecule has 0 fully saturated rings. The first kappa shape index (κ1) is 22.7. The number of amides is 2. The molecule has 174 valence electrons. The van der Waals surface area contributed by atoms with Gasteiger partial charge in [0.15, 0.2) is 0 Å². The van der Waals surface area contributed by atoms with Crippen LogP contribution >= 0.6 is 0 Å². The van der Waals surface area contributed by atoms with Crippen LogP contribution in [0.25, 0.3) is 11.0 Å².